The van der Waals surface area contributed by atoms with Gasteiger partial charge in [-0.2, -0.15) is 0 Å². The minimum Gasteiger partial charge on any atom is -0.480 e. The van der Waals surface area contributed by atoms with Crippen LogP contribution >= 0.6 is 0 Å². The van der Waals surface area contributed by atoms with Crippen molar-refractivity contribution in [1.82, 2.24) is 9.88 Å². The Balaban J connectivity index is 1.17. The van der Waals surface area contributed by atoms with E-state index in [1.54, 1.807) is 4.90 Å². The van der Waals surface area contributed by atoms with Crippen LogP contribution in [0.4, 0.5) is 19.0 Å². The number of nitrogens with one attached hydrogen (secondary N) is 1. The van der Waals surface area contributed by atoms with E-state index in [4.69, 9.17) is 9.47 Å². The average Bonchev–Trinajstić information content (AvgIpc) is 3.64. The molecule has 0 amide bonds. The van der Waals surface area contributed by atoms with Gasteiger partial charge in [-0.1, -0.05) is 12.1 Å². The lowest BCUT2D eigenvalue weighted by Crippen LogP contribution is -2.36. The van der Waals surface area contributed by atoms with Crippen molar-refractivity contribution in [1.29, 1.82) is 0 Å². The lowest BCUT2D eigenvalue weighted by Gasteiger charge is -2.28. The molecule has 7 nitrogen and oxygen atoms in total. The summed E-state index contributed by atoms with van der Waals surface area (Å²) in [7, 11) is 0. The molecule has 1 aromatic heterocycles. The molecule has 0 aliphatic carbocycles. The van der Waals surface area contributed by atoms with Crippen molar-refractivity contribution >= 4 is 11.8 Å². The number of alkyl halides is 2. The summed E-state index contributed by atoms with van der Waals surface area (Å²) in [5.74, 6) is -4.72. The second-order valence-electron chi connectivity index (χ2n) is 11.2. The van der Waals surface area contributed by atoms with E-state index in [2.05, 4.69) is 16.4 Å². The monoisotopic (exact) mass is 561 g/mol. The van der Waals surface area contributed by atoms with E-state index in [-0.39, 0.29) is 44.2 Å². The number of aryl methyl sites for hydroxylation is 2. The highest BCUT2D eigenvalue weighted by atomic mass is 19.3. The number of hydrogen-bond acceptors (Lipinski definition) is 6. The third-order valence-corrected chi connectivity index (χ3v) is 8.33. The molecule has 0 spiro atoms. The second-order valence-corrected chi connectivity index (χ2v) is 11.2. The third kappa shape index (κ3) is 6.95. The van der Waals surface area contributed by atoms with Crippen LogP contribution in [0.25, 0.3) is 0 Å². The van der Waals surface area contributed by atoms with Crippen molar-refractivity contribution in [3.63, 3.8) is 0 Å². The Morgan fingerprint density at radius 2 is 2.12 bits per heavy atom. The van der Waals surface area contributed by atoms with Crippen molar-refractivity contribution in [2.24, 2.45) is 5.92 Å². The molecule has 0 radical (unpaired) electrons. The molecular formula is C30H38F3N3O4. The number of halogens is 3. The molecule has 3 atom stereocenters. The SMILES string of the molecule is O=C(O)C(c1cc(F)ccc1CO[C@@H]1CCOC1)N1CC[C@@H](C(F)(F)CCCCc2ccc3c(n2)NCCC3)C1. The van der Waals surface area contributed by atoms with Crippen molar-refractivity contribution < 1.29 is 32.5 Å². The molecule has 4 heterocycles. The number of unbranched alkanes of at least 4 members (excludes halogenated alkanes) is 1. The number of aliphatic carboxylic acids is 1. The lowest BCUT2D eigenvalue weighted by atomic mass is 9.94. The maximum Gasteiger partial charge on any atom is 0.325 e. The molecule has 2 aromatic rings. The van der Waals surface area contributed by atoms with Gasteiger partial charge < -0.3 is 19.9 Å². The predicted octanol–water partition coefficient (Wildman–Crippen LogP) is 5.38. The summed E-state index contributed by atoms with van der Waals surface area (Å²) < 4.78 is 56.0. The number of fused-ring (bicyclic) bond motifs is 1. The number of carboxylic acid groups (broad SMARTS) is 1. The summed E-state index contributed by atoms with van der Waals surface area (Å²) in [6.07, 6.45) is 4.27. The maximum absolute atomic E-state index is 15.3. The van der Waals surface area contributed by atoms with Gasteiger partial charge in [0.1, 0.15) is 17.7 Å². The van der Waals surface area contributed by atoms with E-state index in [0.29, 0.717) is 38.0 Å². The fourth-order valence-corrected chi connectivity index (χ4v) is 6.04. The van der Waals surface area contributed by atoms with Gasteiger partial charge in [-0.3, -0.25) is 9.69 Å². The zero-order valence-corrected chi connectivity index (χ0v) is 22.7. The van der Waals surface area contributed by atoms with Gasteiger partial charge in [0.2, 0.25) is 0 Å². The van der Waals surface area contributed by atoms with Crippen LogP contribution in [0.2, 0.25) is 0 Å². The Bertz CT molecular complexity index is 1170. The first-order valence-electron chi connectivity index (χ1n) is 14.3. The van der Waals surface area contributed by atoms with Crippen molar-refractivity contribution in [3.8, 4) is 0 Å². The third-order valence-electron chi connectivity index (χ3n) is 8.33. The number of ether oxygens (including phenoxy) is 2. The smallest absolute Gasteiger partial charge is 0.325 e. The van der Waals surface area contributed by atoms with E-state index in [9.17, 15) is 14.3 Å². The molecule has 2 saturated heterocycles. The highest BCUT2D eigenvalue weighted by Gasteiger charge is 2.45. The van der Waals surface area contributed by atoms with E-state index in [1.807, 2.05) is 6.07 Å². The van der Waals surface area contributed by atoms with E-state index >= 15 is 8.78 Å². The van der Waals surface area contributed by atoms with Crippen molar-refractivity contribution in [2.45, 2.75) is 76.0 Å². The molecule has 1 unspecified atom stereocenters. The molecule has 5 rings (SSSR count). The minimum atomic E-state index is -2.92. The van der Waals surface area contributed by atoms with E-state index in [0.717, 1.165) is 37.3 Å². The van der Waals surface area contributed by atoms with Crippen LogP contribution in [0.15, 0.2) is 30.3 Å². The van der Waals surface area contributed by atoms with Crippen LogP contribution in [0.3, 0.4) is 0 Å². The molecule has 218 valence electrons. The number of likely N-dealkylation sites (tertiary alicyclic amines) is 1. The largest absolute Gasteiger partial charge is 0.480 e. The van der Waals surface area contributed by atoms with Crippen LogP contribution < -0.4 is 5.32 Å². The Morgan fingerprint density at radius 1 is 1.25 bits per heavy atom. The molecule has 2 fully saturated rings. The summed E-state index contributed by atoms with van der Waals surface area (Å²) in [6, 6.07) is 6.81. The fraction of sp³-hybridized carbons (Fsp3) is 0.600. The van der Waals surface area contributed by atoms with Gasteiger partial charge >= 0.3 is 5.97 Å². The van der Waals surface area contributed by atoms with Crippen LogP contribution in [-0.2, 0) is 33.7 Å². The summed E-state index contributed by atoms with van der Waals surface area (Å²) in [6.45, 7) is 2.22. The summed E-state index contributed by atoms with van der Waals surface area (Å²) >= 11 is 0. The fourth-order valence-electron chi connectivity index (χ4n) is 6.04. The zero-order valence-electron chi connectivity index (χ0n) is 22.7. The molecule has 3 aliphatic rings. The highest BCUT2D eigenvalue weighted by molar-refractivity contribution is 5.76. The second kappa shape index (κ2) is 12.9. The molecule has 2 N–H and O–H groups in total. The molecule has 10 heteroatoms. The number of pyridine rings is 1. The normalized spacial score (nSPS) is 22.2. The maximum atomic E-state index is 15.3. The number of aromatic nitrogens is 1. The van der Waals surface area contributed by atoms with E-state index in [1.165, 1.54) is 23.8 Å². The Morgan fingerprint density at radius 3 is 2.92 bits per heavy atom. The first kappa shape index (κ1) is 28.8. The van der Waals surface area contributed by atoms with Gasteiger partial charge in [-0.15, -0.1) is 0 Å². The minimum absolute atomic E-state index is 0.0602. The standard InChI is InChI=1S/C30H38F3N3O4/c31-23-8-6-21(18-40-25-11-15-39-19-25)26(16-23)27(29(37)38)36-14-10-22(17-36)30(32,33)12-2-1-5-24-9-7-20-4-3-13-34-28(20)35-24/h6-9,16,22,25,27H,1-5,10-15,17-19H2,(H,34,35)(H,37,38)/t22-,25-,27?/m1/s1. The van der Waals surface area contributed by atoms with Gasteiger partial charge in [0.25, 0.3) is 5.92 Å². The number of anilines is 1. The summed E-state index contributed by atoms with van der Waals surface area (Å²) in [5, 5.41) is 13.4. The van der Waals surface area contributed by atoms with Crippen LogP contribution in [-0.4, -0.2) is 65.8 Å². The molecular weight excluding hydrogens is 523 g/mol. The Kier molecular flexibility index (Phi) is 9.27. The van der Waals surface area contributed by atoms with Gasteiger partial charge in [0, 0.05) is 37.7 Å². The molecule has 40 heavy (non-hydrogen) atoms. The quantitative estimate of drug-likeness (QED) is 0.337. The van der Waals surface area contributed by atoms with Crippen molar-refractivity contribution in [3.05, 3.63) is 58.5 Å². The lowest BCUT2D eigenvalue weighted by molar-refractivity contribution is -0.143. The van der Waals surface area contributed by atoms with Gasteiger partial charge in [-0.25, -0.2) is 18.2 Å². The topological polar surface area (TPSA) is 83.9 Å². The molecule has 0 saturated carbocycles. The number of carboxylic acids is 1. The first-order valence-corrected chi connectivity index (χ1v) is 14.3. The van der Waals surface area contributed by atoms with Crippen LogP contribution in [0, 0.1) is 11.7 Å². The Hall–Kier alpha value is -2.69. The van der Waals surface area contributed by atoms with Gasteiger partial charge in [0.15, 0.2) is 0 Å². The van der Waals surface area contributed by atoms with E-state index < -0.39 is 29.7 Å². The van der Waals surface area contributed by atoms with Gasteiger partial charge in [0.05, 0.1) is 19.3 Å². The highest BCUT2D eigenvalue weighted by Crippen LogP contribution is 2.40. The van der Waals surface area contributed by atoms with Crippen LogP contribution in [0.1, 0.15) is 67.0 Å². The summed E-state index contributed by atoms with van der Waals surface area (Å²) in [4.78, 5) is 18.6. The first-order chi connectivity index (χ1) is 19.3. The molecule has 1 aromatic carbocycles. The predicted molar refractivity (Wildman–Crippen MR) is 144 cm³/mol. The number of carbonyl (C=O) groups is 1. The Labute approximate surface area is 233 Å². The molecule has 3 aliphatic heterocycles. The summed E-state index contributed by atoms with van der Waals surface area (Å²) in [5.41, 5.74) is 2.90. The number of benzene rings is 1. The van der Waals surface area contributed by atoms with Crippen LogP contribution in [0.5, 0.6) is 0 Å². The number of rotatable bonds is 12. The van der Waals surface area contributed by atoms with Crippen molar-refractivity contribution in [2.75, 3.05) is 38.2 Å². The van der Waals surface area contributed by atoms with Gasteiger partial charge in [-0.05, 0) is 86.4 Å². The number of hydrogen-bond donors (Lipinski definition) is 2. The molecule has 0 bridgehead atoms. The number of nitrogens with zero attached hydrogens (tertiary/aromatic N) is 2. The zero-order chi connectivity index (χ0) is 28.1. The average molecular weight is 562 g/mol.